The van der Waals surface area contributed by atoms with E-state index in [0.717, 1.165) is 54.2 Å². The van der Waals surface area contributed by atoms with Gasteiger partial charge in [0.1, 0.15) is 5.82 Å². The van der Waals surface area contributed by atoms with Gasteiger partial charge in [-0.3, -0.25) is 5.41 Å². The Kier molecular flexibility index (Phi) is 7.54. The van der Waals surface area contributed by atoms with Gasteiger partial charge in [-0.2, -0.15) is 0 Å². The number of morpholine rings is 1. The molecule has 2 aromatic carbocycles. The van der Waals surface area contributed by atoms with Crippen LogP contribution in [0.25, 0.3) is 11.1 Å². The lowest BCUT2D eigenvalue weighted by Crippen LogP contribution is -2.30. The molecule has 1 saturated heterocycles. The van der Waals surface area contributed by atoms with Gasteiger partial charge in [0.2, 0.25) is 0 Å². The van der Waals surface area contributed by atoms with Crippen molar-refractivity contribution in [3.05, 3.63) is 77.5 Å². The fraction of sp³-hybridized carbons (Fsp3) is 0.250. The third kappa shape index (κ3) is 5.65. The predicted octanol–water partition coefficient (Wildman–Crippen LogP) is 3.70. The van der Waals surface area contributed by atoms with Crippen LogP contribution in [-0.2, 0) is 4.74 Å². The molecule has 0 saturated carbocycles. The van der Waals surface area contributed by atoms with Gasteiger partial charge in [-0.1, -0.05) is 35.9 Å². The van der Waals surface area contributed by atoms with Gasteiger partial charge in [0.25, 0.3) is 0 Å². The Bertz CT molecular complexity index is 970. The van der Waals surface area contributed by atoms with E-state index in [-0.39, 0.29) is 0 Å². The number of aromatic nitrogens is 1. The number of hydrogen-bond donors (Lipinski definition) is 4. The van der Waals surface area contributed by atoms with Gasteiger partial charge in [0, 0.05) is 43.1 Å². The number of rotatable bonds is 4. The lowest BCUT2D eigenvalue weighted by molar-refractivity contribution is 0.109. The van der Waals surface area contributed by atoms with Gasteiger partial charge in [-0.05, 0) is 42.3 Å². The van der Waals surface area contributed by atoms with Crippen molar-refractivity contribution in [2.75, 3.05) is 44.4 Å². The fourth-order valence-corrected chi connectivity index (χ4v) is 3.17. The van der Waals surface area contributed by atoms with Crippen molar-refractivity contribution >= 4 is 17.2 Å². The Morgan fingerprint density at radius 2 is 1.73 bits per heavy atom. The quantitative estimate of drug-likeness (QED) is 0.498. The molecule has 5 N–H and O–H groups in total. The molecule has 0 spiro atoms. The van der Waals surface area contributed by atoms with E-state index < -0.39 is 0 Å². The van der Waals surface area contributed by atoms with Crippen LogP contribution in [0.1, 0.15) is 16.7 Å². The van der Waals surface area contributed by atoms with Crippen LogP contribution in [0.4, 0.5) is 11.5 Å². The smallest absolute Gasteiger partial charge is 0.123 e. The molecule has 4 rings (SSSR count). The van der Waals surface area contributed by atoms with E-state index in [0.29, 0.717) is 11.5 Å². The normalized spacial score (nSPS) is 13.1. The first kappa shape index (κ1) is 21.5. The average Bonchev–Trinajstić information content (AvgIpc) is 2.80. The van der Waals surface area contributed by atoms with Crippen molar-refractivity contribution in [1.29, 1.82) is 5.41 Å². The van der Waals surface area contributed by atoms with E-state index in [4.69, 9.17) is 15.9 Å². The van der Waals surface area contributed by atoms with Crippen LogP contribution in [-0.4, -0.2) is 44.0 Å². The highest BCUT2D eigenvalue weighted by Gasteiger charge is 2.11. The molecule has 0 bridgehead atoms. The molecule has 0 atom stereocenters. The van der Waals surface area contributed by atoms with E-state index in [2.05, 4.69) is 15.6 Å². The van der Waals surface area contributed by atoms with Gasteiger partial charge < -0.3 is 21.1 Å². The third-order valence-corrected chi connectivity index (χ3v) is 4.86. The molecule has 3 aromatic rings. The SMILES string of the molecule is C1COCCN1.CNc1ccc(-c2ccnc(N)c2)cc1C(=N)c1ccc(C)cc1. The number of nitrogens with two attached hydrogens (primary N) is 1. The van der Waals surface area contributed by atoms with Gasteiger partial charge >= 0.3 is 0 Å². The summed E-state index contributed by atoms with van der Waals surface area (Å²) in [6.07, 6.45) is 1.70. The molecular formula is C24H29N5O. The zero-order chi connectivity index (χ0) is 21.3. The van der Waals surface area contributed by atoms with Crippen molar-refractivity contribution in [2.45, 2.75) is 6.92 Å². The summed E-state index contributed by atoms with van der Waals surface area (Å²) in [4.78, 5) is 4.04. The zero-order valence-electron chi connectivity index (χ0n) is 17.5. The third-order valence-electron chi connectivity index (χ3n) is 4.86. The number of nitrogen functional groups attached to an aromatic ring is 1. The van der Waals surface area contributed by atoms with Gasteiger partial charge in [-0.15, -0.1) is 0 Å². The molecule has 0 aliphatic carbocycles. The van der Waals surface area contributed by atoms with Crippen LogP contribution in [0, 0.1) is 12.3 Å². The van der Waals surface area contributed by atoms with E-state index in [1.165, 1.54) is 5.56 Å². The van der Waals surface area contributed by atoms with E-state index in [1.54, 1.807) is 6.20 Å². The second kappa shape index (κ2) is 10.5. The van der Waals surface area contributed by atoms with Crippen LogP contribution < -0.4 is 16.4 Å². The molecule has 1 aromatic heterocycles. The maximum Gasteiger partial charge on any atom is 0.123 e. The molecule has 1 aliphatic heterocycles. The Morgan fingerprint density at radius 3 is 2.30 bits per heavy atom. The Hall–Kier alpha value is -3.22. The standard InChI is InChI=1S/C20H20N4.C4H9NO/c1-13-3-5-14(6-4-13)20(22)17-11-15(7-8-18(17)23-2)16-9-10-24-19(21)12-16;1-3-6-4-2-5-1/h3-12,22-23H,1-2H3,(H2,21,24);5H,1-4H2. The summed E-state index contributed by atoms with van der Waals surface area (Å²) < 4.78 is 5.01. The number of anilines is 2. The maximum absolute atomic E-state index is 8.61. The molecule has 1 fully saturated rings. The van der Waals surface area contributed by atoms with Gasteiger partial charge in [0.15, 0.2) is 0 Å². The summed E-state index contributed by atoms with van der Waals surface area (Å²) in [5.74, 6) is 0.486. The van der Waals surface area contributed by atoms with Crippen LogP contribution in [0.15, 0.2) is 60.8 Å². The number of nitrogens with zero attached hydrogens (tertiary/aromatic N) is 1. The molecule has 0 amide bonds. The first-order valence-electron chi connectivity index (χ1n) is 10.1. The molecule has 6 heteroatoms. The van der Waals surface area contributed by atoms with Gasteiger partial charge in [0.05, 0.1) is 18.9 Å². The fourth-order valence-electron chi connectivity index (χ4n) is 3.17. The number of nitrogens with one attached hydrogen (secondary N) is 3. The second-order valence-corrected chi connectivity index (χ2v) is 7.08. The average molecular weight is 404 g/mol. The van der Waals surface area contributed by atoms with Crippen molar-refractivity contribution in [3.8, 4) is 11.1 Å². The number of aryl methyl sites for hydroxylation is 1. The Balaban J connectivity index is 0.000000367. The molecule has 30 heavy (non-hydrogen) atoms. The second-order valence-electron chi connectivity index (χ2n) is 7.08. The molecule has 2 heterocycles. The molecule has 0 unspecified atom stereocenters. The molecular weight excluding hydrogens is 374 g/mol. The highest BCUT2D eigenvalue weighted by Crippen LogP contribution is 2.27. The molecule has 6 nitrogen and oxygen atoms in total. The topological polar surface area (TPSA) is 96.1 Å². The predicted molar refractivity (Wildman–Crippen MR) is 124 cm³/mol. The Labute approximate surface area is 178 Å². The highest BCUT2D eigenvalue weighted by molar-refractivity contribution is 6.14. The molecule has 156 valence electrons. The first-order valence-corrected chi connectivity index (χ1v) is 10.1. The van der Waals surface area contributed by atoms with E-state index in [9.17, 15) is 0 Å². The minimum atomic E-state index is 0.486. The molecule has 1 aliphatic rings. The van der Waals surface area contributed by atoms with E-state index in [1.807, 2.05) is 68.6 Å². The summed E-state index contributed by atoms with van der Waals surface area (Å²) in [6, 6.07) is 17.8. The van der Waals surface area contributed by atoms with Crippen molar-refractivity contribution in [1.82, 2.24) is 10.3 Å². The lowest BCUT2D eigenvalue weighted by Gasteiger charge is -2.13. The number of hydrogen-bond acceptors (Lipinski definition) is 6. The largest absolute Gasteiger partial charge is 0.388 e. The summed E-state index contributed by atoms with van der Waals surface area (Å²) >= 11 is 0. The maximum atomic E-state index is 8.61. The summed E-state index contributed by atoms with van der Waals surface area (Å²) in [6.45, 7) is 5.88. The minimum absolute atomic E-state index is 0.486. The summed E-state index contributed by atoms with van der Waals surface area (Å²) in [7, 11) is 1.87. The number of ether oxygens (including phenoxy) is 1. The first-order chi connectivity index (χ1) is 14.6. The zero-order valence-corrected chi connectivity index (χ0v) is 17.5. The highest BCUT2D eigenvalue weighted by atomic mass is 16.5. The monoisotopic (exact) mass is 403 g/mol. The van der Waals surface area contributed by atoms with Crippen LogP contribution in [0.5, 0.6) is 0 Å². The minimum Gasteiger partial charge on any atom is -0.388 e. The van der Waals surface area contributed by atoms with Crippen LogP contribution in [0.2, 0.25) is 0 Å². The number of benzene rings is 2. The lowest BCUT2D eigenvalue weighted by atomic mass is 9.96. The van der Waals surface area contributed by atoms with Crippen molar-refractivity contribution in [3.63, 3.8) is 0 Å². The van der Waals surface area contributed by atoms with Crippen LogP contribution >= 0.6 is 0 Å². The van der Waals surface area contributed by atoms with Gasteiger partial charge in [-0.25, -0.2) is 4.98 Å². The van der Waals surface area contributed by atoms with Crippen LogP contribution in [0.3, 0.4) is 0 Å². The summed E-state index contributed by atoms with van der Waals surface area (Å²) in [5.41, 5.74) is 12.1. The number of pyridine rings is 1. The Morgan fingerprint density at radius 1 is 1.03 bits per heavy atom. The molecule has 0 radical (unpaired) electrons. The van der Waals surface area contributed by atoms with Crippen molar-refractivity contribution in [2.24, 2.45) is 0 Å². The van der Waals surface area contributed by atoms with E-state index >= 15 is 0 Å². The van der Waals surface area contributed by atoms with Crippen molar-refractivity contribution < 1.29 is 4.74 Å². The summed E-state index contributed by atoms with van der Waals surface area (Å²) in [5, 5.41) is 14.9.